The van der Waals surface area contributed by atoms with Gasteiger partial charge in [0.2, 0.25) is 0 Å². The van der Waals surface area contributed by atoms with Crippen molar-refractivity contribution in [2.24, 2.45) is 0 Å². The molecule has 178 valence electrons. The van der Waals surface area contributed by atoms with Gasteiger partial charge in [-0.15, -0.1) is 0 Å². The molecule has 1 saturated heterocycles. The Morgan fingerprint density at radius 3 is 2.17 bits per heavy atom. The monoisotopic (exact) mass is 504 g/mol. The quantitative estimate of drug-likeness (QED) is 0.321. The summed E-state index contributed by atoms with van der Waals surface area (Å²) >= 11 is 12.9. The highest BCUT2D eigenvalue weighted by molar-refractivity contribution is 6.33. The molecule has 0 radical (unpaired) electrons. The van der Waals surface area contributed by atoms with E-state index in [1.54, 1.807) is 4.68 Å². The van der Waals surface area contributed by atoms with Crippen LogP contribution in [-0.4, -0.2) is 46.8 Å². The molecular weight excluding hydrogens is 479 g/mol. The minimum atomic E-state index is -0.0467. The lowest BCUT2D eigenvalue weighted by Crippen LogP contribution is -2.49. The highest BCUT2D eigenvalue weighted by atomic mass is 35.5. The van der Waals surface area contributed by atoms with Gasteiger partial charge in [-0.05, 0) is 49.7 Å². The molecular formula is C28H26Cl2N4O. The molecule has 5 rings (SSSR count). The van der Waals surface area contributed by atoms with Crippen molar-refractivity contribution < 1.29 is 4.79 Å². The summed E-state index contributed by atoms with van der Waals surface area (Å²) in [5.41, 5.74) is 6.10. The first-order valence-electron chi connectivity index (χ1n) is 11.6. The van der Waals surface area contributed by atoms with Crippen LogP contribution in [0.15, 0.2) is 72.8 Å². The van der Waals surface area contributed by atoms with Crippen molar-refractivity contribution in [3.63, 3.8) is 0 Å². The summed E-state index contributed by atoms with van der Waals surface area (Å²) in [5.74, 6) is -0.0467. The number of halogens is 2. The van der Waals surface area contributed by atoms with E-state index >= 15 is 0 Å². The lowest BCUT2D eigenvalue weighted by Gasteiger charge is -2.36. The fourth-order valence-electron chi connectivity index (χ4n) is 4.58. The van der Waals surface area contributed by atoms with Crippen LogP contribution in [-0.2, 0) is 0 Å². The number of aromatic nitrogens is 2. The van der Waals surface area contributed by atoms with Crippen LogP contribution in [0.2, 0.25) is 10.0 Å². The third-order valence-electron chi connectivity index (χ3n) is 6.42. The van der Waals surface area contributed by atoms with Crippen molar-refractivity contribution in [3.8, 4) is 16.9 Å². The summed E-state index contributed by atoms with van der Waals surface area (Å²) in [6.07, 6.45) is 0. The number of hydrogen-bond acceptors (Lipinski definition) is 3. The van der Waals surface area contributed by atoms with E-state index in [1.165, 1.54) is 0 Å². The molecule has 4 aromatic rings. The highest BCUT2D eigenvalue weighted by Crippen LogP contribution is 2.30. The van der Waals surface area contributed by atoms with Gasteiger partial charge in [0, 0.05) is 31.7 Å². The number of anilines is 1. The Hall–Kier alpha value is -3.28. The van der Waals surface area contributed by atoms with Gasteiger partial charge in [0.1, 0.15) is 5.69 Å². The molecule has 7 heteroatoms. The Labute approximate surface area is 215 Å². The van der Waals surface area contributed by atoms with E-state index in [0.29, 0.717) is 42.6 Å². The number of carbonyl (C=O) groups excluding carboxylic acids is 1. The Morgan fingerprint density at radius 1 is 0.800 bits per heavy atom. The first-order valence-corrected chi connectivity index (χ1v) is 12.4. The number of para-hydroxylation sites is 1. The summed E-state index contributed by atoms with van der Waals surface area (Å²) in [7, 11) is 0. The maximum Gasteiger partial charge on any atom is 0.272 e. The van der Waals surface area contributed by atoms with Crippen molar-refractivity contribution >= 4 is 34.8 Å². The molecule has 0 N–H and O–H groups in total. The van der Waals surface area contributed by atoms with Crippen molar-refractivity contribution in [2.45, 2.75) is 13.8 Å². The van der Waals surface area contributed by atoms with Gasteiger partial charge < -0.3 is 9.80 Å². The summed E-state index contributed by atoms with van der Waals surface area (Å²) in [5, 5.41) is 6.18. The van der Waals surface area contributed by atoms with Gasteiger partial charge >= 0.3 is 0 Å². The largest absolute Gasteiger partial charge is 0.367 e. The van der Waals surface area contributed by atoms with Gasteiger partial charge in [-0.1, -0.05) is 71.2 Å². The molecule has 1 fully saturated rings. The van der Waals surface area contributed by atoms with Gasteiger partial charge in [0.25, 0.3) is 5.91 Å². The normalized spacial score (nSPS) is 13.8. The van der Waals surface area contributed by atoms with Crippen LogP contribution in [0.5, 0.6) is 0 Å². The summed E-state index contributed by atoms with van der Waals surface area (Å²) in [6, 6.07) is 23.4. The molecule has 0 bridgehead atoms. The van der Waals surface area contributed by atoms with E-state index in [-0.39, 0.29) is 5.91 Å². The number of piperazine rings is 1. The van der Waals surface area contributed by atoms with Crippen molar-refractivity contribution in [1.29, 1.82) is 0 Å². The first-order chi connectivity index (χ1) is 16.9. The number of benzene rings is 3. The molecule has 1 amide bonds. The molecule has 0 unspecified atom stereocenters. The second kappa shape index (κ2) is 9.76. The predicted octanol–water partition coefficient (Wildman–Crippen LogP) is 6.43. The molecule has 5 nitrogen and oxygen atoms in total. The standard InChI is InChI=1S/C28H26Cl2N4O/c1-19-11-12-25(20(2)17-19)34-27(18-24(31-34)21-7-3-4-8-22(21)29)28(35)33-15-13-32(14-16-33)26-10-6-5-9-23(26)30/h3-12,17-18H,13-16H2,1-2H3. The number of nitrogens with zero attached hydrogens (tertiary/aromatic N) is 4. The van der Waals surface area contributed by atoms with Gasteiger partial charge in [-0.2, -0.15) is 5.10 Å². The zero-order valence-electron chi connectivity index (χ0n) is 19.7. The van der Waals surface area contributed by atoms with Crippen LogP contribution >= 0.6 is 23.2 Å². The minimum Gasteiger partial charge on any atom is -0.367 e. The maximum absolute atomic E-state index is 13.8. The molecule has 0 spiro atoms. The maximum atomic E-state index is 13.8. The third-order valence-corrected chi connectivity index (χ3v) is 7.07. The average Bonchev–Trinajstić information content (AvgIpc) is 3.29. The second-order valence-electron chi connectivity index (χ2n) is 8.83. The van der Waals surface area contributed by atoms with E-state index in [1.807, 2.05) is 78.6 Å². The number of aryl methyl sites for hydroxylation is 2. The van der Waals surface area contributed by atoms with E-state index < -0.39 is 0 Å². The molecule has 1 aliphatic rings. The number of hydrogen-bond donors (Lipinski definition) is 0. The van der Waals surface area contributed by atoms with Crippen LogP contribution in [0.3, 0.4) is 0 Å². The first kappa shape index (κ1) is 23.5. The Balaban J connectivity index is 1.48. The van der Waals surface area contributed by atoms with Crippen molar-refractivity contribution in [2.75, 3.05) is 31.1 Å². The fraction of sp³-hybridized carbons (Fsp3) is 0.214. The summed E-state index contributed by atoms with van der Waals surface area (Å²) in [6.45, 7) is 6.72. The van der Waals surface area contributed by atoms with Crippen molar-refractivity contribution in [1.82, 2.24) is 14.7 Å². The highest BCUT2D eigenvalue weighted by Gasteiger charge is 2.27. The van der Waals surface area contributed by atoms with E-state index in [4.69, 9.17) is 28.3 Å². The number of carbonyl (C=O) groups is 1. The molecule has 0 atom stereocenters. The SMILES string of the molecule is Cc1ccc(-n2nc(-c3ccccc3Cl)cc2C(=O)N2CCN(c3ccccc3Cl)CC2)c(C)c1. The van der Waals surface area contributed by atoms with Crippen molar-refractivity contribution in [3.05, 3.63) is 99.7 Å². The van der Waals surface area contributed by atoms with Gasteiger partial charge in [-0.3, -0.25) is 4.79 Å². The molecule has 1 aliphatic heterocycles. The topological polar surface area (TPSA) is 41.4 Å². The van der Waals surface area contributed by atoms with E-state index in [0.717, 1.165) is 33.1 Å². The Morgan fingerprint density at radius 2 is 1.49 bits per heavy atom. The minimum absolute atomic E-state index is 0.0467. The van der Waals surface area contributed by atoms with Gasteiger partial charge in [0.15, 0.2) is 0 Å². The summed E-state index contributed by atoms with van der Waals surface area (Å²) < 4.78 is 1.76. The summed E-state index contributed by atoms with van der Waals surface area (Å²) in [4.78, 5) is 17.9. The predicted molar refractivity (Wildman–Crippen MR) is 143 cm³/mol. The second-order valence-corrected chi connectivity index (χ2v) is 9.64. The number of amides is 1. The zero-order valence-corrected chi connectivity index (χ0v) is 21.2. The van der Waals surface area contributed by atoms with Gasteiger partial charge in [0.05, 0.1) is 27.1 Å². The van der Waals surface area contributed by atoms with Crippen LogP contribution < -0.4 is 4.90 Å². The Kier molecular flexibility index (Phi) is 6.54. The van der Waals surface area contributed by atoms with Crippen LogP contribution in [0.4, 0.5) is 5.69 Å². The smallest absolute Gasteiger partial charge is 0.272 e. The lowest BCUT2D eigenvalue weighted by atomic mass is 10.1. The number of rotatable bonds is 4. The molecule has 3 aromatic carbocycles. The average molecular weight is 505 g/mol. The molecule has 35 heavy (non-hydrogen) atoms. The molecule has 0 saturated carbocycles. The third kappa shape index (κ3) is 4.66. The fourth-order valence-corrected chi connectivity index (χ4v) is 5.07. The van der Waals surface area contributed by atoms with Crippen LogP contribution in [0, 0.1) is 13.8 Å². The van der Waals surface area contributed by atoms with E-state index in [2.05, 4.69) is 17.9 Å². The van der Waals surface area contributed by atoms with E-state index in [9.17, 15) is 4.79 Å². The lowest BCUT2D eigenvalue weighted by molar-refractivity contribution is 0.0737. The molecule has 1 aromatic heterocycles. The zero-order chi connectivity index (χ0) is 24.5. The molecule has 2 heterocycles. The van der Waals surface area contributed by atoms with Crippen LogP contribution in [0.25, 0.3) is 16.9 Å². The Bertz CT molecular complexity index is 1390. The van der Waals surface area contributed by atoms with Crippen LogP contribution in [0.1, 0.15) is 21.6 Å². The molecule has 0 aliphatic carbocycles. The van der Waals surface area contributed by atoms with Gasteiger partial charge in [-0.25, -0.2) is 4.68 Å².